The third kappa shape index (κ3) is 5.05. The number of rotatable bonds is 6. The zero-order chi connectivity index (χ0) is 28.9. The lowest BCUT2D eigenvalue weighted by molar-refractivity contribution is -0.131. The lowest BCUT2D eigenvalue weighted by atomic mass is 10.0. The van der Waals surface area contributed by atoms with E-state index < -0.39 is 55.0 Å². The summed E-state index contributed by atoms with van der Waals surface area (Å²) in [5.74, 6) is -3.75. The van der Waals surface area contributed by atoms with E-state index in [1.807, 2.05) is 0 Å². The molecule has 0 aliphatic carbocycles. The van der Waals surface area contributed by atoms with Gasteiger partial charge in [0.25, 0.3) is 5.88 Å². The van der Waals surface area contributed by atoms with Gasteiger partial charge in [-0.05, 0) is 32.1 Å². The third-order valence-electron chi connectivity index (χ3n) is 5.89. The summed E-state index contributed by atoms with van der Waals surface area (Å²) in [6, 6.07) is 0.451. The lowest BCUT2D eigenvalue weighted by Gasteiger charge is -2.38. The number of carbonyl (C=O) groups is 1. The van der Waals surface area contributed by atoms with Crippen molar-refractivity contribution in [1.29, 1.82) is 0 Å². The first-order valence-electron chi connectivity index (χ1n) is 11.0. The smallest absolute Gasteiger partial charge is 0.354 e. The second-order valence-corrected chi connectivity index (χ2v) is 10.8. The van der Waals surface area contributed by atoms with Gasteiger partial charge in [0.2, 0.25) is 5.91 Å². The molecule has 1 aliphatic heterocycles. The molecule has 0 spiro atoms. The average molecular weight is 593 g/mol. The summed E-state index contributed by atoms with van der Waals surface area (Å²) in [7, 11) is -6.22. The molecular formula is C23H18F6N4O4S2. The number of hydrogen-bond acceptors (Lipinski definition) is 7. The second-order valence-electron chi connectivity index (χ2n) is 8.38. The minimum atomic E-state index is -6.22. The van der Waals surface area contributed by atoms with E-state index in [4.69, 9.17) is 0 Å². The molecule has 0 radical (unpaired) electrons. The van der Waals surface area contributed by atoms with E-state index in [2.05, 4.69) is 20.8 Å². The summed E-state index contributed by atoms with van der Waals surface area (Å²) in [5.41, 5.74) is -6.31. The fourth-order valence-corrected chi connectivity index (χ4v) is 5.60. The molecule has 0 saturated carbocycles. The van der Waals surface area contributed by atoms with E-state index in [1.165, 1.54) is 15.6 Å². The summed E-state index contributed by atoms with van der Waals surface area (Å²) in [6.07, 6.45) is 2.08. The predicted molar refractivity (Wildman–Crippen MR) is 131 cm³/mol. The van der Waals surface area contributed by atoms with E-state index in [0.717, 1.165) is 11.5 Å². The summed E-state index contributed by atoms with van der Waals surface area (Å²) >= 11 is 0.467. The fraction of sp³-hybridized carbons (Fsp3) is 0.261. The molecule has 39 heavy (non-hydrogen) atoms. The van der Waals surface area contributed by atoms with Crippen LogP contribution in [0.5, 0.6) is 5.88 Å². The van der Waals surface area contributed by atoms with Crippen LogP contribution in [-0.4, -0.2) is 45.5 Å². The van der Waals surface area contributed by atoms with Gasteiger partial charge in [0.05, 0.1) is 24.6 Å². The van der Waals surface area contributed by atoms with Crippen LogP contribution in [0.4, 0.5) is 26.3 Å². The topological polar surface area (TPSA) is 94.4 Å². The van der Waals surface area contributed by atoms with Crippen molar-refractivity contribution in [3.8, 4) is 17.3 Å². The van der Waals surface area contributed by atoms with Gasteiger partial charge in [-0.1, -0.05) is 6.58 Å². The van der Waals surface area contributed by atoms with Crippen molar-refractivity contribution >= 4 is 43.5 Å². The number of carbonyl (C=O) groups excluding carboxylic acids is 1. The van der Waals surface area contributed by atoms with Gasteiger partial charge < -0.3 is 9.08 Å². The molecule has 1 aliphatic rings. The molecule has 0 N–H and O–H groups in total. The Labute approximate surface area is 221 Å². The highest BCUT2D eigenvalue weighted by Gasteiger charge is 2.49. The van der Waals surface area contributed by atoms with Crippen molar-refractivity contribution < 1.29 is 43.7 Å². The Kier molecular flexibility index (Phi) is 7.37. The van der Waals surface area contributed by atoms with Crippen molar-refractivity contribution in [2.45, 2.75) is 38.0 Å². The number of nitrogens with zero attached hydrogens (tertiary/aromatic N) is 4. The Balaban J connectivity index is 2.01. The summed E-state index contributed by atoms with van der Waals surface area (Å²) in [4.78, 5) is 17.8. The van der Waals surface area contributed by atoms with Crippen molar-refractivity contribution in [2.75, 3.05) is 0 Å². The number of hydrogen-bond donors (Lipinski definition) is 0. The Morgan fingerprint density at radius 3 is 2.62 bits per heavy atom. The molecule has 3 aromatic heterocycles. The normalized spacial score (nSPS) is 18.6. The molecule has 16 heteroatoms. The SMILES string of the molecule is C=CC(=O)N1C(C)Cn2nc(-c3nc(OS(=O)(=O)C(F)(F)F)c4scc(F)c4c3C=C(F)/C=C/F)cc2C1C. The monoisotopic (exact) mass is 592 g/mol. The van der Waals surface area contributed by atoms with Crippen LogP contribution >= 0.6 is 11.3 Å². The van der Waals surface area contributed by atoms with Crippen molar-refractivity contribution in [3.63, 3.8) is 0 Å². The number of fused-ring (bicyclic) bond motifs is 2. The van der Waals surface area contributed by atoms with Gasteiger partial charge in [-0.3, -0.25) is 9.48 Å². The van der Waals surface area contributed by atoms with Gasteiger partial charge in [-0.15, -0.1) is 11.3 Å². The first-order valence-corrected chi connectivity index (χ1v) is 13.3. The number of aromatic nitrogens is 3. The zero-order valence-electron chi connectivity index (χ0n) is 20.0. The molecule has 0 fully saturated rings. The fourth-order valence-electron chi connectivity index (χ4n) is 4.27. The van der Waals surface area contributed by atoms with E-state index in [0.29, 0.717) is 29.2 Å². The number of alkyl halides is 3. The summed E-state index contributed by atoms with van der Waals surface area (Å²) in [5, 5.41) is 4.68. The predicted octanol–water partition coefficient (Wildman–Crippen LogP) is 5.80. The van der Waals surface area contributed by atoms with E-state index in [-0.39, 0.29) is 36.1 Å². The second kappa shape index (κ2) is 10.1. The van der Waals surface area contributed by atoms with Crippen LogP contribution in [0.2, 0.25) is 0 Å². The molecular weight excluding hydrogens is 574 g/mol. The molecule has 2 unspecified atom stereocenters. The van der Waals surface area contributed by atoms with Crippen molar-refractivity contribution in [1.82, 2.24) is 19.7 Å². The Hall–Kier alpha value is -3.66. The van der Waals surface area contributed by atoms with E-state index in [1.54, 1.807) is 13.8 Å². The number of halogens is 6. The minimum Gasteiger partial charge on any atom is -0.354 e. The molecule has 0 aromatic carbocycles. The maximum atomic E-state index is 14.9. The molecule has 2 atom stereocenters. The number of amides is 1. The number of allylic oxidation sites excluding steroid dienone is 2. The van der Waals surface area contributed by atoms with Crippen LogP contribution in [0.3, 0.4) is 0 Å². The quantitative estimate of drug-likeness (QED) is 0.118. The molecule has 1 amide bonds. The van der Waals surface area contributed by atoms with Gasteiger partial charge >= 0.3 is 15.6 Å². The van der Waals surface area contributed by atoms with Gasteiger partial charge in [-0.2, -0.15) is 26.7 Å². The Bertz CT molecular complexity index is 1640. The zero-order valence-corrected chi connectivity index (χ0v) is 21.7. The molecule has 0 bridgehead atoms. The van der Waals surface area contributed by atoms with Crippen LogP contribution in [0, 0.1) is 5.82 Å². The largest absolute Gasteiger partial charge is 0.534 e. The average Bonchev–Trinajstić information content (AvgIpc) is 3.43. The van der Waals surface area contributed by atoms with Crippen molar-refractivity contribution in [2.24, 2.45) is 0 Å². The number of thiophene rings is 1. The number of pyridine rings is 1. The lowest BCUT2D eigenvalue weighted by Crippen LogP contribution is -2.46. The first-order chi connectivity index (χ1) is 18.2. The maximum Gasteiger partial charge on any atom is 0.534 e. The van der Waals surface area contributed by atoms with Gasteiger partial charge in [0.1, 0.15) is 27.7 Å². The molecule has 8 nitrogen and oxygen atoms in total. The molecule has 208 valence electrons. The van der Waals surface area contributed by atoms with Gasteiger partial charge in [-0.25, -0.2) is 18.2 Å². The van der Waals surface area contributed by atoms with Gasteiger partial charge in [0.15, 0.2) is 0 Å². The van der Waals surface area contributed by atoms with Crippen molar-refractivity contribution in [3.05, 3.63) is 59.4 Å². The van der Waals surface area contributed by atoms with Crippen LogP contribution in [0.1, 0.15) is 31.1 Å². The van der Waals surface area contributed by atoms with E-state index >= 15 is 0 Å². The maximum absolute atomic E-state index is 14.9. The highest BCUT2D eigenvalue weighted by molar-refractivity contribution is 7.88. The standard InChI is InChI=1S/C23H18F6N4O4S2/c1-4-18(34)33-11(2)9-32-17(12(33)3)8-16(31-32)20-14(7-13(25)5-6-24)19-15(26)10-38-21(19)22(30-20)37-39(35,36)23(27,28)29/h4-8,10-12H,1,9H2,2-3H3/b6-5+,13-7?. The molecule has 4 heterocycles. The summed E-state index contributed by atoms with van der Waals surface area (Å²) < 4.78 is 110. The van der Waals surface area contributed by atoms with Crippen LogP contribution < -0.4 is 4.18 Å². The molecule has 0 saturated heterocycles. The first kappa shape index (κ1) is 28.4. The highest BCUT2D eigenvalue weighted by Crippen LogP contribution is 2.42. The van der Waals surface area contributed by atoms with Crippen LogP contribution in [0.15, 0.2) is 42.3 Å². The Morgan fingerprint density at radius 1 is 1.31 bits per heavy atom. The van der Waals surface area contributed by atoms with E-state index in [9.17, 15) is 39.6 Å². The Morgan fingerprint density at radius 2 is 2.00 bits per heavy atom. The van der Waals surface area contributed by atoms with Crippen LogP contribution in [0.25, 0.3) is 27.6 Å². The van der Waals surface area contributed by atoms with Gasteiger partial charge in [0, 0.05) is 28.4 Å². The molecule has 3 aromatic rings. The van der Waals surface area contributed by atoms with Crippen LogP contribution in [-0.2, 0) is 21.5 Å². The molecule has 4 rings (SSSR count). The highest BCUT2D eigenvalue weighted by atomic mass is 32.2. The minimum absolute atomic E-state index is 0.123. The summed E-state index contributed by atoms with van der Waals surface area (Å²) in [6.45, 7) is 7.08. The third-order valence-corrected chi connectivity index (χ3v) is 7.78.